The van der Waals surface area contributed by atoms with Crippen molar-refractivity contribution >= 4 is 23.2 Å². The Kier molecular flexibility index (Phi) is 6.00. The molecule has 0 spiro atoms. The van der Waals surface area contributed by atoms with E-state index in [1.807, 2.05) is 6.92 Å². The zero-order valence-corrected chi connectivity index (χ0v) is 14.5. The van der Waals surface area contributed by atoms with Gasteiger partial charge in [0.2, 0.25) is 11.8 Å². The van der Waals surface area contributed by atoms with Gasteiger partial charge < -0.3 is 10.6 Å². The van der Waals surface area contributed by atoms with Gasteiger partial charge in [0.05, 0.1) is 6.04 Å². The minimum atomic E-state index is -0.0116. The quantitative estimate of drug-likeness (QED) is 0.845. The lowest BCUT2D eigenvalue weighted by Crippen LogP contribution is -2.34. The molecule has 0 bridgehead atoms. The van der Waals surface area contributed by atoms with Crippen molar-refractivity contribution in [3.8, 4) is 0 Å². The number of aryl methyl sites for hydroxylation is 2. The van der Waals surface area contributed by atoms with E-state index in [1.54, 1.807) is 11.3 Å². The van der Waals surface area contributed by atoms with Crippen molar-refractivity contribution in [2.45, 2.75) is 58.9 Å². The smallest absolute Gasteiger partial charge is 0.223 e. The molecule has 1 saturated carbocycles. The largest absolute Gasteiger partial charge is 0.355 e. The van der Waals surface area contributed by atoms with Gasteiger partial charge in [-0.1, -0.05) is 12.8 Å². The zero-order chi connectivity index (χ0) is 16.1. The third-order valence-electron chi connectivity index (χ3n) is 4.30. The summed E-state index contributed by atoms with van der Waals surface area (Å²) in [5.41, 5.74) is 1.19. The first kappa shape index (κ1) is 17.0. The summed E-state index contributed by atoms with van der Waals surface area (Å²) in [6.45, 7) is 6.59. The minimum absolute atomic E-state index is 0.0116. The first-order chi connectivity index (χ1) is 10.5. The number of rotatable bonds is 6. The maximum atomic E-state index is 12.0. The monoisotopic (exact) mass is 322 g/mol. The first-order valence-electron chi connectivity index (χ1n) is 8.11. The number of hydrogen-bond donors (Lipinski definition) is 2. The molecule has 2 rings (SSSR count). The maximum absolute atomic E-state index is 12.0. The topological polar surface area (TPSA) is 58.2 Å². The number of thiophene rings is 1. The fourth-order valence-electron chi connectivity index (χ4n) is 3.10. The molecule has 2 amide bonds. The van der Waals surface area contributed by atoms with Gasteiger partial charge in [-0.2, -0.15) is 0 Å². The normalized spacial score (nSPS) is 16.5. The highest BCUT2D eigenvalue weighted by Crippen LogP contribution is 2.26. The van der Waals surface area contributed by atoms with Crippen LogP contribution in [0.2, 0.25) is 0 Å². The van der Waals surface area contributed by atoms with Gasteiger partial charge in [-0.25, -0.2) is 0 Å². The molecule has 0 saturated heterocycles. The molecule has 2 N–H and O–H groups in total. The van der Waals surface area contributed by atoms with Crippen LogP contribution >= 0.6 is 11.3 Å². The van der Waals surface area contributed by atoms with Crippen molar-refractivity contribution in [2.24, 2.45) is 5.92 Å². The molecule has 1 aliphatic rings. The van der Waals surface area contributed by atoms with E-state index in [0.717, 1.165) is 25.7 Å². The molecule has 1 aromatic rings. The molecular formula is C17H26N2O2S. The second-order valence-corrected chi connectivity index (χ2v) is 7.64. The van der Waals surface area contributed by atoms with Gasteiger partial charge in [0.25, 0.3) is 0 Å². The summed E-state index contributed by atoms with van der Waals surface area (Å²) in [5.74, 6) is 0.267. The summed E-state index contributed by atoms with van der Waals surface area (Å²) in [6.07, 6.45) is 4.62. The lowest BCUT2D eigenvalue weighted by Gasteiger charge is -2.15. The standard InChI is InChI=1S/C17H26N2O2S/c1-11-10-15(13(3)22-11)12(2)19-16(20)8-9-18-17(21)14-6-4-5-7-14/h10,12,14H,4-9H2,1-3H3,(H,18,21)(H,19,20). The molecule has 1 fully saturated rings. The maximum Gasteiger partial charge on any atom is 0.223 e. The minimum Gasteiger partial charge on any atom is -0.355 e. The molecule has 1 unspecified atom stereocenters. The van der Waals surface area contributed by atoms with E-state index in [2.05, 4.69) is 30.5 Å². The van der Waals surface area contributed by atoms with Gasteiger partial charge in [0, 0.05) is 28.6 Å². The van der Waals surface area contributed by atoms with E-state index in [9.17, 15) is 9.59 Å². The van der Waals surface area contributed by atoms with Crippen molar-refractivity contribution in [1.29, 1.82) is 0 Å². The van der Waals surface area contributed by atoms with E-state index in [0.29, 0.717) is 13.0 Å². The molecule has 1 heterocycles. The van der Waals surface area contributed by atoms with Crippen molar-refractivity contribution in [3.63, 3.8) is 0 Å². The Morgan fingerprint density at radius 3 is 2.59 bits per heavy atom. The predicted octanol–water partition coefficient (Wildman–Crippen LogP) is 3.24. The Hall–Kier alpha value is -1.36. The van der Waals surface area contributed by atoms with Crippen molar-refractivity contribution in [3.05, 3.63) is 21.4 Å². The van der Waals surface area contributed by atoms with Crippen LogP contribution in [-0.4, -0.2) is 18.4 Å². The van der Waals surface area contributed by atoms with Crippen LogP contribution in [0.1, 0.15) is 60.4 Å². The molecule has 0 aromatic carbocycles. The Morgan fingerprint density at radius 2 is 2.00 bits per heavy atom. The summed E-state index contributed by atoms with van der Waals surface area (Å²) in [6, 6.07) is 2.15. The van der Waals surface area contributed by atoms with Crippen molar-refractivity contribution in [2.75, 3.05) is 6.54 Å². The lowest BCUT2D eigenvalue weighted by molar-refractivity contribution is -0.125. The van der Waals surface area contributed by atoms with Crippen molar-refractivity contribution in [1.82, 2.24) is 10.6 Å². The van der Waals surface area contributed by atoms with Crippen molar-refractivity contribution < 1.29 is 9.59 Å². The molecule has 122 valence electrons. The predicted molar refractivity (Wildman–Crippen MR) is 89.9 cm³/mol. The number of carbonyl (C=O) groups excluding carboxylic acids is 2. The second-order valence-electron chi connectivity index (χ2n) is 6.18. The number of carbonyl (C=O) groups is 2. The third-order valence-corrected chi connectivity index (χ3v) is 5.28. The van der Waals surface area contributed by atoms with Crippen LogP contribution in [0, 0.1) is 19.8 Å². The van der Waals surface area contributed by atoms with Gasteiger partial charge in [0.1, 0.15) is 0 Å². The Balaban J connectivity index is 1.71. The molecule has 0 aliphatic heterocycles. The van der Waals surface area contributed by atoms with Gasteiger partial charge in [-0.3, -0.25) is 9.59 Å². The first-order valence-corrected chi connectivity index (χ1v) is 8.93. The van der Waals surface area contributed by atoms with Gasteiger partial charge >= 0.3 is 0 Å². The highest BCUT2D eigenvalue weighted by atomic mass is 32.1. The number of hydrogen-bond acceptors (Lipinski definition) is 3. The Morgan fingerprint density at radius 1 is 1.32 bits per heavy atom. The summed E-state index contributed by atoms with van der Waals surface area (Å²) < 4.78 is 0. The molecular weight excluding hydrogens is 296 g/mol. The van der Waals surface area contributed by atoms with Crippen LogP contribution < -0.4 is 10.6 Å². The van der Waals surface area contributed by atoms with E-state index < -0.39 is 0 Å². The molecule has 1 aromatic heterocycles. The third kappa shape index (κ3) is 4.57. The summed E-state index contributed by atoms with van der Waals surface area (Å²) in [4.78, 5) is 26.4. The Labute approximate surface area is 136 Å². The average molecular weight is 322 g/mol. The summed E-state index contributed by atoms with van der Waals surface area (Å²) >= 11 is 1.75. The molecule has 1 atom stereocenters. The van der Waals surface area contributed by atoms with Gasteiger partial charge in [0.15, 0.2) is 0 Å². The number of amides is 2. The van der Waals surface area contributed by atoms with Crippen LogP contribution in [0.3, 0.4) is 0 Å². The number of nitrogens with one attached hydrogen (secondary N) is 2. The molecule has 4 nitrogen and oxygen atoms in total. The molecule has 5 heteroatoms. The van der Waals surface area contributed by atoms with E-state index in [-0.39, 0.29) is 23.8 Å². The van der Waals surface area contributed by atoms with Crippen LogP contribution in [0.15, 0.2) is 6.07 Å². The fraction of sp³-hybridized carbons (Fsp3) is 0.647. The highest BCUT2D eigenvalue weighted by Gasteiger charge is 2.22. The van der Waals surface area contributed by atoms with Crippen LogP contribution in [0.5, 0.6) is 0 Å². The fourth-order valence-corrected chi connectivity index (χ4v) is 4.13. The molecule has 22 heavy (non-hydrogen) atoms. The van der Waals surface area contributed by atoms with Crippen LogP contribution in [-0.2, 0) is 9.59 Å². The van der Waals surface area contributed by atoms with Gasteiger partial charge in [-0.05, 0) is 45.2 Å². The van der Waals surface area contributed by atoms with E-state index >= 15 is 0 Å². The highest BCUT2D eigenvalue weighted by molar-refractivity contribution is 7.12. The van der Waals surface area contributed by atoms with Crippen LogP contribution in [0.4, 0.5) is 0 Å². The van der Waals surface area contributed by atoms with E-state index in [4.69, 9.17) is 0 Å². The molecule has 1 aliphatic carbocycles. The summed E-state index contributed by atoms with van der Waals surface area (Å²) in [5, 5.41) is 5.90. The zero-order valence-electron chi connectivity index (χ0n) is 13.7. The summed E-state index contributed by atoms with van der Waals surface area (Å²) in [7, 11) is 0. The molecule has 0 radical (unpaired) electrons. The second kappa shape index (κ2) is 7.77. The Bertz CT molecular complexity index is 533. The van der Waals surface area contributed by atoms with E-state index in [1.165, 1.54) is 15.3 Å². The SMILES string of the molecule is Cc1cc(C(C)NC(=O)CCNC(=O)C2CCCC2)c(C)s1. The lowest BCUT2D eigenvalue weighted by atomic mass is 10.1. The van der Waals surface area contributed by atoms with Crippen LogP contribution in [0.25, 0.3) is 0 Å². The average Bonchev–Trinajstić information content (AvgIpc) is 3.08. The van der Waals surface area contributed by atoms with Gasteiger partial charge in [-0.15, -0.1) is 11.3 Å².